The molecule has 0 atom stereocenters. The van der Waals surface area contributed by atoms with Crippen LogP contribution in [0.1, 0.15) is 67.4 Å². The second-order valence-electron chi connectivity index (χ2n) is 8.39. The van der Waals surface area contributed by atoms with Gasteiger partial charge in [0.2, 0.25) is 0 Å². The maximum absolute atomic E-state index is 13.3. The van der Waals surface area contributed by atoms with Crippen LogP contribution in [-0.4, -0.2) is 10.8 Å². The van der Waals surface area contributed by atoms with E-state index in [1.54, 1.807) is 0 Å². The smallest absolute Gasteiger partial charge is 0.195 e. The molecule has 0 unspecified atom stereocenters. The molecule has 1 heterocycles. The Morgan fingerprint density at radius 3 is 2.42 bits per heavy atom. The van der Waals surface area contributed by atoms with E-state index in [1.165, 1.54) is 5.56 Å². The predicted molar refractivity (Wildman–Crippen MR) is 99.0 cm³/mol. The number of rotatable bonds is 0. The van der Waals surface area contributed by atoms with Crippen molar-refractivity contribution in [3.05, 3.63) is 70.4 Å². The number of hydrogen-bond acceptors (Lipinski definition) is 1. The van der Waals surface area contributed by atoms with Crippen molar-refractivity contribution in [2.24, 2.45) is 0 Å². The third-order valence-corrected chi connectivity index (χ3v) is 5.36. The van der Waals surface area contributed by atoms with Crippen molar-refractivity contribution in [2.75, 3.05) is 0 Å². The van der Waals surface area contributed by atoms with Gasteiger partial charge in [0.1, 0.15) is 0 Å². The first kappa shape index (κ1) is 15.2. The summed E-state index contributed by atoms with van der Waals surface area (Å²) < 4.78 is 0. The minimum Gasteiger partial charge on any atom is -0.357 e. The first-order valence-electron chi connectivity index (χ1n) is 8.52. The molecule has 0 bridgehead atoms. The lowest BCUT2D eigenvalue weighted by molar-refractivity contribution is 0.103. The molecule has 1 aliphatic carbocycles. The van der Waals surface area contributed by atoms with Crippen molar-refractivity contribution in [3.8, 4) is 0 Å². The molecule has 1 aliphatic rings. The zero-order valence-electron chi connectivity index (χ0n) is 14.9. The van der Waals surface area contributed by atoms with Crippen LogP contribution >= 0.6 is 0 Å². The molecule has 122 valence electrons. The molecule has 0 radical (unpaired) electrons. The predicted octanol–water partition coefficient (Wildman–Crippen LogP) is 5.34. The first-order chi connectivity index (χ1) is 11.2. The number of hydrogen-bond donors (Lipinski definition) is 1. The zero-order chi connectivity index (χ0) is 17.3. The van der Waals surface area contributed by atoms with Gasteiger partial charge in [0.15, 0.2) is 5.78 Å². The third kappa shape index (κ3) is 1.92. The Morgan fingerprint density at radius 2 is 1.71 bits per heavy atom. The van der Waals surface area contributed by atoms with Gasteiger partial charge in [-0.25, -0.2) is 0 Å². The van der Waals surface area contributed by atoms with Crippen molar-refractivity contribution in [3.63, 3.8) is 0 Å². The summed E-state index contributed by atoms with van der Waals surface area (Å²) in [6.45, 7) is 10.9. The Bertz CT molecular complexity index is 983. The zero-order valence-corrected chi connectivity index (χ0v) is 14.9. The molecule has 0 saturated heterocycles. The SMILES string of the molecule is CC(C)(C)c1ccc2c(c1)C(=O)c1c([nH]c3ccccc13)C2(C)C. The van der Waals surface area contributed by atoms with Crippen LogP contribution in [0.3, 0.4) is 0 Å². The highest BCUT2D eigenvalue weighted by Crippen LogP contribution is 2.44. The Morgan fingerprint density at radius 1 is 1.00 bits per heavy atom. The minimum absolute atomic E-state index is 0.0277. The summed E-state index contributed by atoms with van der Waals surface area (Å²) in [4.78, 5) is 16.8. The lowest BCUT2D eigenvalue weighted by Gasteiger charge is -2.33. The molecule has 0 spiro atoms. The van der Waals surface area contributed by atoms with E-state index in [4.69, 9.17) is 0 Å². The van der Waals surface area contributed by atoms with Crippen LogP contribution < -0.4 is 0 Å². The van der Waals surface area contributed by atoms with Gasteiger partial charge < -0.3 is 4.98 Å². The van der Waals surface area contributed by atoms with Gasteiger partial charge in [0.25, 0.3) is 0 Å². The molecule has 2 nitrogen and oxygen atoms in total. The number of para-hydroxylation sites is 1. The van der Waals surface area contributed by atoms with Crippen molar-refractivity contribution < 1.29 is 4.79 Å². The molecule has 1 N–H and O–H groups in total. The van der Waals surface area contributed by atoms with Crippen LogP contribution in [0.25, 0.3) is 10.9 Å². The van der Waals surface area contributed by atoms with Crippen LogP contribution in [-0.2, 0) is 10.8 Å². The number of fused-ring (bicyclic) bond motifs is 4. The van der Waals surface area contributed by atoms with Gasteiger partial charge in [-0.1, -0.05) is 65.0 Å². The Kier molecular flexibility index (Phi) is 2.91. The van der Waals surface area contributed by atoms with Gasteiger partial charge in [-0.15, -0.1) is 0 Å². The number of nitrogens with one attached hydrogen (secondary N) is 1. The average molecular weight is 317 g/mol. The summed E-state index contributed by atoms with van der Waals surface area (Å²) >= 11 is 0. The number of benzene rings is 2. The molecule has 2 heteroatoms. The van der Waals surface area contributed by atoms with E-state index < -0.39 is 0 Å². The summed E-state index contributed by atoms with van der Waals surface area (Å²) in [6, 6.07) is 14.5. The number of H-pyrrole nitrogens is 1. The standard InChI is InChI=1S/C22H23NO/c1-21(2,3)13-10-11-16-15(12-13)19(24)18-14-8-6-7-9-17(14)23-20(18)22(16,4)5/h6-12,23H,1-5H3. The van der Waals surface area contributed by atoms with E-state index in [0.717, 1.165) is 33.3 Å². The molecule has 0 fully saturated rings. The first-order valence-corrected chi connectivity index (χ1v) is 8.52. The number of aromatic nitrogens is 1. The fourth-order valence-electron chi connectivity index (χ4n) is 3.86. The van der Waals surface area contributed by atoms with Crippen LogP contribution in [0.5, 0.6) is 0 Å². The Labute approximate surface area is 142 Å². The molecular formula is C22H23NO. The topological polar surface area (TPSA) is 32.9 Å². The molecule has 0 saturated carbocycles. The molecule has 3 aromatic rings. The summed E-state index contributed by atoms with van der Waals surface area (Å²) in [6.07, 6.45) is 0. The van der Waals surface area contributed by atoms with Crippen molar-refractivity contribution in [1.82, 2.24) is 4.98 Å². The molecule has 4 rings (SSSR count). The second-order valence-corrected chi connectivity index (χ2v) is 8.39. The Hall–Kier alpha value is -2.35. The van der Waals surface area contributed by atoms with Crippen LogP contribution in [0.4, 0.5) is 0 Å². The number of carbonyl (C=O) groups is 1. The largest absolute Gasteiger partial charge is 0.357 e. The van der Waals surface area contributed by atoms with E-state index in [0.29, 0.717) is 0 Å². The minimum atomic E-state index is -0.214. The molecule has 24 heavy (non-hydrogen) atoms. The van der Waals surface area contributed by atoms with Crippen molar-refractivity contribution in [2.45, 2.75) is 45.4 Å². The quantitative estimate of drug-likeness (QED) is 0.597. The second kappa shape index (κ2) is 4.60. The van der Waals surface area contributed by atoms with Crippen LogP contribution in [0, 0.1) is 0 Å². The number of ketones is 1. The number of aromatic amines is 1. The molecular weight excluding hydrogens is 294 g/mol. The Balaban J connectivity index is 2.05. The highest BCUT2D eigenvalue weighted by molar-refractivity contribution is 6.20. The summed E-state index contributed by atoms with van der Waals surface area (Å²) in [5.74, 6) is 0.142. The van der Waals surface area contributed by atoms with Crippen molar-refractivity contribution >= 4 is 16.7 Å². The van der Waals surface area contributed by atoms with Gasteiger partial charge >= 0.3 is 0 Å². The maximum Gasteiger partial charge on any atom is 0.195 e. The lowest BCUT2D eigenvalue weighted by atomic mass is 9.70. The highest BCUT2D eigenvalue weighted by atomic mass is 16.1. The van der Waals surface area contributed by atoms with Crippen LogP contribution in [0.2, 0.25) is 0 Å². The van der Waals surface area contributed by atoms with E-state index >= 15 is 0 Å². The highest BCUT2D eigenvalue weighted by Gasteiger charge is 2.39. The van der Waals surface area contributed by atoms with E-state index in [9.17, 15) is 4.79 Å². The summed E-state index contributed by atoms with van der Waals surface area (Å²) in [5, 5.41) is 1.03. The fraction of sp³-hybridized carbons (Fsp3) is 0.318. The molecule has 0 aliphatic heterocycles. The van der Waals surface area contributed by atoms with Gasteiger partial charge in [0, 0.05) is 27.6 Å². The third-order valence-electron chi connectivity index (χ3n) is 5.36. The summed E-state index contributed by atoms with van der Waals surface area (Å²) in [7, 11) is 0. The molecule has 0 amide bonds. The van der Waals surface area contributed by atoms with Gasteiger partial charge in [0.05, 0.1) is 5.56 Å². The van der Waals surface area contributed by atoms with E-state index in [-0.39, 0.29) is 16.6 Å². The lowest BCUT2D eigenvalue weighted by Crippen LogP contribution is -2.31. The van der Waals surface area contributed by atoms with Gasteiger partial charge in [-0.2, -0.15) is 0 Å². The fourth-order valence-corrected chi connectivity index (χ4v) is 3.86. The summed E-state index contributed by atoms with van der Waals surface area (Å²) in [5.41, 5.74) is 5.89. The molecule has 1 aromatic heterocycles. The van der Waals surface area contributed by atoms with Gasteiger partial charge in [-0.3, -0.25) is 4.79 Å². The maximum atomic E-state index is 13.3. The van der Waals surface area contributed by atoms with Crippen molar-refractivity contribution in [1.29, 1.82) is 0 Å². The monoisotopic (exact) mass is 317 g/mol. The normalized spacial score (nSPS) is 16.1. The van der Waals surface area contributed by atoms with Crippen LogP contribution in [0.15, 0.2) is 42.5 Å². The average Bonchev–Trinajstić information content (AvgIpc) is 2.92. The van der Waals surface area contributed by atoms with E-state index in [2.05, 4.69) is 57.8 Å². The van der Waals surface area contributed by atoms with Gasteiger partial charge in [-0.05, 0) is 28.7 Å². The number of carbonyl (C=O) groups excluding carboxylic acids is 1. The van der Waals surface area contributed by atoms with E-state index in [1.807, 2.05) is 24.3 Å². The molecule has 2 aromatic carbocycles.